The van der Waals surface area contributed by atoms with Crippen molar-refractivity contribution in [3.8, 4) is 39.0 Å². The molecule has 12 unspecified atom stereocenters. The molecule has 14 heteroatoms. The van der Waals surface area contributed by atoms with Gasteiger partial charge in [0.15, 0.2) is 0 Å². The summed E-state index contributed by atoms with van der Waals surface area (Å²) in [5.74, 6) is 5.49. The van der Waals surface area contributed by atoms with E-state index < -0.39 is 0 Å². The molecule has 4 bridgehead atoms. The van der Waals surface area contributed by atoms with Gasteiger partial charge in [0, 0.05) is 52.9 Å². The van der Waals surface area contributed by atoms with Crippen LogP contribution in [0.15, 0.2) is 144 Å². The zero-order valence-corrected chi connectivity index (χ0v) is 50.6. The van der Waals surface area contributed by atoms with Crippen LogP contribution in [-0.2, 0) is 51.0 Å². The van der Waals surface area contributed by atoms with Crippen molar-refractivity contribution in [3.63, 3.8) is 0 Å². The molecular formula is C67H76O8S6. The molecule has 0 amide bonds. The second-order valence-corrected chi connectivity index (χ2v) is 28.3. The Morgan fingerprint density at radius 1 is 0.481 bits per heavy atom. The Labute approximate surface area is 503 Å². The minimum Gasteiger partial charge on any atom is -0.466 e. The van der Waals surface area contributed by atoms with Crippen LogP contribution < -0.4 is 0 Å². The van der Waals surface area contributed by atoms with Crippen molar-refractivity contribution in [1.29, 1.82) is 0 Å². The first-order chi connectivity index (χ1) is 38.9. The molecule has 6 aromatic heterocycles. The lowest BCUT2D eigenvalue weighted by atomic mass is 9.94. The first-order valence-electron chi connectivity index (χ1n) is 28.2. The number of carbonyl (C=O) groups excluding carboxylic acids is 4. The third-order valence-electron chi connectivity index (χ3n) is 16.9. The third kappa shape index (κ3) is 15.9. The normalized spacial score (nSPS) is 26.3. The molecule has 81 heavy (non-hydrogen) atoms. The van der Waals surface area contributed by atoms with Gasteiger partial charge < -0.3 is 18.9 Å². The highest BCUT2D eigenvalue weighted by Gasteiger charge is 2.38. The van der Waals surface area contributed by atoms with E-state index in [1.807, 2.05) is 12.2 Å². The molecule has 0 aliphatic heterocycles. The van der Waals surface area contributed by atoms with Crippen molar-refractivity contribution in [1.82, 2.24) is 0 Å². The summed E-state index contributed by atoms with van der Waals surface area (Å²) in [5.41, 5.74) is 2.12. The Morgan fingerprint density at radius 2 is 0.914 bits per heavy atom. The van der Waals surface area contributed by atoms with Crippen molar-refractivity contribution in [3.05, 3.63) is 155 Å². The van der Waals surface area contributed by atoms with Crippen LogP contribution in [0.4, 0.5) is 0 Å². The fourth-order valence-electron chi connectivity index (χ4n) is 12.8. The molecule has 4 saturated carbocycles. The van der Waals surface area contributed by atoms with Gasteiger partial charge in [-0.1, -0.05) is 80.3 Å². The van der Waals surface area contributed by atoms with Crippen LogP contribution in [0, 0.1) is 71.0 Å². The van der Waals surface area contributed by atoms with Gasteiger partial charge in [-0.05, 0) is 191 Å². The summed E-state index contributed by atoms with van der Waals surface area (Å²) in [6.07, 6.45) is 27.6. The first-order valence-corrected chi connectivity index (χ1v) is 33.4. The molecule has 12 atom stereocenters. The van der Waals surface area contributed by atoms with Gasteiger partial charge in [0.05, 0.1) is 39.3 Å². The lowest BCUT2D eigenvalue weighted by Crippen LogP contribution is -2.18. The Bertz CT molecular complexity index is 3100. The minimum atomic E-state index is -0.221. The molecule has 8 nitrogen and oxygen atoms in total. The third-order valence-corrected chi connectivity index (χ3v) is 23.5. The molecule has 0 spiro atoms. The van der Waals surface area contributed by atoms with E-state index in [9.17, 15) is 19.2 Å². The maximum atomic E-state index is 13.1. The summed E-state index contributed by atoms with van der Waals surface area (Å²) in [6.45, 7) is 13.1. The van der Waals surface area contributed by atoms with Crippen LogP contribution >= 0.6 is 68.0 Å². The molecule has 4 fully saturated rings. The van der Waals surface area contributed by atoms with E-state index in [0.717, 1.165) is 53.5 Å². The van der Waals surface area contributed by atoms with E-state index >= 15 is 0 Å². The van der Waals surface area contributed by atoms with E-state index in [1.54, 1.807) is 68.0 Å². The molecule has 6 aliphatic rings. The molecule has 6 heterocycles. The molecule has 0 aromatic carbocycles. The Hall–Kier alpha value is -5.22. The maximum absolute atomic E-state index is 13.1. The van der Waals surface area contributed by atoms with Crippen LogP contribution in [0.5, 0.6) is 0 Å². The number of ether oxygens (including phenoxy) is 4. The molecule has 428 valence electrons. The number of allylic oxidation sites excluding steroid dienone is 8. The minimum absolute atomic E-state index is 0. The van der Waals surface area contributed by atoms with E-state index in [4.69, 9.17) is 18.9 Å². The number of carbonyl (C=O) groups is 4. The topological polar surface area (TPSA) is 105 Å². The lowest BCUT2D eigenvalue weighted by molar-refractivity contribution is -0.145. The molecular weight excluding hydrogens is 1130 g/mol. The van der Waals surface area contributed by atoms with Crippen LogP contribution in [0.1, 0.15) is 83.8 Å². The van der Waals surface area contributed by atoms with Crippen molar-refractivity contribution < 1.29 is 38.1 Å². The van der Waals surface area contributed by atoms with Crippen LogP contribution in [0.2, 0.25) is 0 Å². The van der Waals surface area contributed by atoms with Gasteiger partial charge in [0.1, 0.15) is 0 Å². The highest BCUT2D eigenvalue weighted by Crippen LogP contribution is 2.47. The van der Waals surface area contributed by atoms with Crippen molar-refractivity contribution in [2.75, 3.05) is 26.4 Å². The van der Waals surface area contributed by atoms with Crippen molar-refractivity contribution in [2.45, 2.75) is 85.5 Å². The molecule has 0 radical (unpaired) electrons. The van der Waals surface area contributed by atoms with E-state index in [0.29, 0.717) is 86.1 Å². The quantitative estimate of drug-likeness (QED) is 0.0423. The van der Waals surface area contributed by atoms with E-state index in [2.05, 4.69) is 132 Å². The SMILES string of the molecule is C.C=CC1CC(/C=C/C2CC(C=C)C(COC(=O)Cc3cc(-c4cccs4)sc3-c3cccs3)C2)C(COC(C)=O)C1.CC(=O)OCC1CC2C=CC1C2.O=C(Cc1cc(-c2cccs2)sc1-c1cccs1)OCC1CC2C=CC1C2. The molecule has 12 rings (SSSR count). The Kier molecular flexibility index (Phi) is 21.5. The van der Waals surface area contributed by atoms with Crippen molar-refractivity contribution >= 4 is 91.9 Å². The van der Waals surface area contributed by atoms with Crippen LogP contribution in [0.25, 0.3) is 39.0 Å². The van der Waals surface area contributed by atoms with Gasteiger partial charge in [-0.3, -0.25) is 19.2 Å². The van der Waals surface area contributed by atoms with Gasteiger partial charge in [-0.15, -0.1) is 81.2 Å². The van der Waals surface area contributed by atoms with Gasteiger partial charge in [-0.25, -0.2) is 0 Å². The van der Waals surface area contributed by atoms with E-state index in [1.165, 1.54) is 73.7 Å². The number of esters is 4. The molecule has 6 aromatic rings. The number of thiophene rings is 6. The lowest BCUT2D eigenvalue weighted by Gasteiger charge is -2.17. The van der Waals surface area contributed by atoms with Gasteiger partial charge in [0.25, 0.3) is 0 Å². The highest BCUT2D eigenvalue weighted by molar-refractivity contribution is 7.26. The predicted octanol–water partition coefficient (Wildman–Crippen LogP) is 18.0. The maximum Gasteiger partial charge on any atom is 0.310 e. The van der Waals surface area contributed by atoms with E-state index in [-0.39, 0.29) is 43.6 Å². The average molecular weight is 1200 g/mol. The second kappa shape index (κ2) is 28.9. The summed E-state index contributed by atoms with van der Waals surface area (Å²) in [6, 6.07) is 21.1. The van der Waals surface area contributed by atoms with Gasteiger partial charge in [-0.2, -0.15) is 0 Å². The Balaban J connectivity index is 0.000000168. The van der Waals surface area contributed by atoms with Crippen molar-refractivity contribution in [2.24, 2.45) is 71.0 Å². The standard InChI is InChI=1S/C34H38O4S3.C22H20O2S3.C10H14O2.CH4/c1-4-23-14-26(29(15-23)20-37-22(3)35)11-10-24-16-25(5-2)28(17-24)21-38-33(36)19-27-18-32(30-8-6-12-39-30)41-34(27)31-9-7-13-40-31;23-21(24-13-17-10-14-5-6-15(17)9-14)12-16-11-20(18-3-1-7-25-18)27-22(16)19-4-2-8-26-19;1-7(11)12-6-10-5-8-2-3-9(10)4-8;/h4-13,18,23-26,28-29H,1-2,14-17,19-21H2,3H3;1-8,11,14-15,17H,9-10,12-13H2;2-3,8-10H,4-6H2,1H3;1H4/b11-10+;;;. The monoisotopic (exact) mass is 1200 g/mol. The first kappa shape index (κ1) is 60.4. The van der Waals surface area contributed by atoms with Crippen LogP contribution in [0.3, 0.4) is 0 Å². The average Bonchev–Trinajstić information content (AvgIpc) is 4.48. The zero-order valence-electron chi connectivity index (χ0n) is 45.7. The zero-order chi connectivity index (χ0) is 55.5. The smallest absolute Gasteiger partial charge is 0.310 e. The second-order valence-electron chi connectivity index (χ2n) is 22.4. The predicted molar refractivity (Wildman–Crippen MR) is 338 cm³/mol. The molecule has 6 aliphatic carbocycles. The Morgan fingerprint density at radius 3 is 1.33 bits per heavy atom. The summed E-state index contributed by atoms with van der Waals surface area (Å²) in [4.78, 5) is 57.2. The fraction of sp³-hybridized carbons (Fsp3) is 0.433. The largest absolute Gasteiger partial charge is 0.466 e. The number of rotatable bonds is 20. The fourth-order valence-corrected chi connectivity index (χ4v) is 18.6. The molecule has 0 saturated heterocycles. The summed E-state index contributed by atoms with van der Waals surface area (Å²) in [7, 11) is 0. The summed E-state index contributed by atoms with van der Waals surface area (Å²) >= 11 is 10.4. The van der Waals surface area contributed by atoms with Gasteiger partial charge in [0.2, 0.25) is 0 Å². The number of hydrogen-bond donors (Lipinski definition) is 0. The molecule has 0 N–H and O–H groups in total. The number of fused-ring (bicyclic) bond motifs is 4. The van der Waals surface area contributed by atoms with Crippen LogP contribution in [-0.4, -0.2) is 50.3 Å². The van der Waals surface area contributed by atoms with Gasteiger partial charge >= 0.3 is 23.9 Å². The highest BCUT2D eigenvalue weighted by atomic mass is 32.1. The number of hydrogen-bond acceptors (Lipinski definition) is 14. The summed E-state index contributed by atoms with van der Waals surface area (Å²) < 4.78 is 21.9. The summed E-state index contributed by atoms with van der Waals surface area (Å²) in [5, 5.41) is 8.34.